The van der Waals surface area contributed by atoms with Crippen molar-refractivity contribution in [2.24, 2.45) is 0 Å². The van der Waals surface area contributed by atoms with E-state index in [2.05, 4.69) is 31.8 Å². The number of nitrogens with one attached hydrogen (secondary N) is 3. The Kier molecular flexibility index (Phi) is 4.75. The van der Waals surface area contributed by atoms with Crippen molar-refractivity contribution < 1.29 is 9.59 Å². The first-order valence-corrected chi connectivity index (χ1v) is 7.28. The number of thiophene rings is 1. The maximum atomic E-state index is 11.6. The van der Waals surface area contributed by atoms with Crippen LogP contribution >= 0.6 is 27.3 Å². The van der Waals surface area contributed by atoms with Crippen LogP contribution in [0.1, 0.15) is 21.8 Å². The standard InChI is InChI=1S/C12H12BrN3O2S/c13-8-6-10(14-7-8)12(18)16-15-11(17)4-3-9-2-1-5-19-9/h1-2,5-7,14H,3-4H2,(H,15,17)(H,16,18). The molecule has 0 spiro atoms. The van der Waals surface area contributed by atoms with E-state index in [4.69, 9.17) is 0 Å². The normalized spacial score (nSPS) is 10.2. The van der Waals surface area contributed by atoms with Crippen LogP contribution in [0.2, 0.25) is 0 Å². The van der Waals surface area contributed by atoms with Gasteiger partial charge in [-0.2, -0.15) is 0 Å². The molecule has 5 nitrogen and oxygen atoms in total. The van der Waals surface area contributed by atoms with Crippen molar-refractivity contribution in [3.05, 3.63) is 44.8 Å². The van der Waals surface area contributed by atoms with Crippen LogP contribution in [0.3, 0.4) is 0 Å². The number of aromatic nitrogens is 1. The van der Waals surface area contributed by atoms with E-state index in [1.807, 2.05) is 17.5 Å². The minimum absolute atomic E-state index is 0.215. The number of halogens is 1. The monoisotopic (exact) mass is 341 g/mol. The number of hydrogen-bond donors (Lipinski definition) is 3. The largest absolute Gasteiger partial charge is 0.356 e. The molecule has 0 aliphatic heterocycles. The number of hydrogen-bond acceptors (Lipinski definition) is 3. The number of amides is 2. The van der Waals surface area contributed by atoms with Crippen LogP contribution in [0.5, 0.6) is 0 Å². The SMILES string of the molecule is O=C(CCc1cccs1)NNC(=O)c1cc(Br)c[nH]1. The summed E-state index contributed by atoms with van der Waals surface area (Å²) < 4.78 is 0.779. The second-order valence-corrected chi connectivity index (χ2v) is 5.76. The van der Waals surface area contributed by atoms with Gasteiger partial charge in [0.2, 0.25) is 5.91 Å². The zero-order valence-electron chi connectivity index (χ0n) is 9.90. The first-order chi connectivity index (χ1) is 9.15. The molecule has 0 bridgehead atoms. The minimum Gasteiger partial charge on any atom is -0.356 e. The van der Waals surface area contributed by atoms with Gasteiger partial charge in [0, 0.05) is 22.0 Å². The third kappa shape index (κ3) is 4.22. The molecule has 19 heavy (non-hydrogen) atoms. The fourth-order valence-corrected chi connectivity index (χ4v) is 2.50. The number of carbonyl (C=O) groups is 2. The maximum absolute atomic E-state index is 11.6. The Morgan fingerprint density at radius 1 is 1.37 bits per heavy atom. The van der Waals surface area contributed by atoms with Crippen molar-refractivity contribution in [1.29, 1.82) is 0 Å². The number of H-pyrrole nitrogens is 1. The summed E-state index contributed by atoms with van der Waals surface area (Å²) in [4.78, 5) is 27.1. The molecule has 0 atom stereocenters. The molecule has 2 aromatic heterocycles. The van der Waals surface area contributed by atoms with E-state index in [1.54, 1.807) is 23.6 Å². The zero-order valence-corrected chi connectivity index (χ0v) is 12.3. The first-order valence-electron chi connectivity index (χ1n) is 5.60. The smallest absolute Gasteiger partial charge is 0.286 e. The fourth-order valence-electron chi connectivity index (χ4n) is 1.45. The summed E-state index contributed by atoms with van der Waals surface area (Å²) in [5.74, 6) is -0.595. The van der Waals surface area contributed by atoms with Crippen molar-refractivity contribution in [2.45, 2.75) is 12.8 Å². The van der Waals surface area contributed by atoms with Crippen LogP contribution in [-0.4, -0.2) is 16.8 Å². The number of rotatable bonds is 4. The van der Waals surface area contributed by atoms with Crippen LogP contribution in [0.25, 0.3) is 0 Å². The average Bonchev–Trinajstić information content (AvgIpc) is 3.04. The lowest BCUT2D eigenvalue weighted by Crippen LogP contribution is -2.41. The van der Waals surface area contributed by atoms with Crippen molar-refractivity contribution in [3.8, 4) is 0 Å². The highest BCUT2D eigenvalue weighted by molar-refractivity contribution is 9.10. The quantitative estimate of drug-likeness (QED) is 0.746. The molecule has 2 aromatic rings. The lowest BCUT2D eigenvalue weighted by Gasteiger charge is -2.05. The third-order valence-electron chi connectivity index (χ3n) is 2.39. The van der Waals surface area contributed by atoms with E-state index in [1.165, 1.54) is 0 Å². The molecule has 0 aliphatic carbocycles. The van der Waals surface area contributed by atoms with Crippen molar-refractivity contribution in [3.63, 3.8) is 0 Å². The second kappa shape index (κ2) is 6.53. The lowest BCUT2D eigenvalue weighted by atomic mass is 10.2. The van der Waals surface area contributed by atoms with Gasteiger partial charge in [-0.1, -0.05) is 6.07 Å². The summed E-state index contributed by atoms with van der Waals surface area (Å²) in [6.45, 7) is 0. The van der Waals surface area contributed by atoms with E-state index in [9.17, 15) is 9.59 Å². The van der Waals surface area contributed by atoms with Crippen molar-refractivity contribution in [1.82, 2.24) is 15.8 Å². The van der Waals surface area contributed by atoms with Gasteiger partial charge in [0.25, 0.3) is 5.91 Å². The van der Waals surface area contributed by atoms with Crippen LogP contribution in [-0.2, 0) is 11.2 Å². The van der Waals surface area contributed by atoms with Crippen LogP contribution in [0.15, 0.2) is 34.2 Å². The molecule has 0 radical (unpaired) electrons. The van der Waals surface area contributed by atoms with Gasteiger partial charge in [0.1, 0.15) is 5.69 Å². The Balaban J connectivity index is 1.73. The highest BCUT2D eigenvalue weighted by atomic mass is 79.9. The summed E-state index contributed by atoms with van der Waals surface area (Å²) in [5.41, 5.74) is 5.12. The molecular weight excluding hydrogens is 330 g/mol. The predicted molar refractivity (Wildman–Crippen MR) is 76.7 cm³/mol. The van der Waals surface area contributed by atoms with Crippen LogP contribution in [0, 0.1) is 0 Å². The Morgan fingerprint density at radius 3 is 2.84 bits per heavy atom. The predicted octanol–water partition coefficient (Wildman–Crippen LogP) is 2.23. The summed E-state index contributed by atoms with van der Waals surface area (Å²) in [6, 6.07) is 5.56. The Bertz CT molecular complexity index is 565. The molecule has 2 amide bonds. The average molecular weight is 342 g/mol. The molecular formula is C12H12BrN3O2S. The van der Waals surface area contributed by atoms with E-state index < -0.39 is 0 Å². The molecule has 3 N–H and O–H groups in total. The summed E-state index contributed by atoms with van der Waals surface area (Å²) in [5, 5.41) is 1.97. The highest BCUT2D eigenvalue weighted by Crippen LogP contribution is 2.11. The number of aromatic amines is 1. The van der Waals surface area contributed by atoms with Gasteiger partial charge in [-0.05, 0) is 39.9 Å². The second-order valence-electron chi connectivity index (χ2n) is 3.81. The number of hydrazine groups is 1. The topological polar surface area (TPSA) is 74.0 Å². The zero-order chi connectivity index (χ0) is 13.7. The minimum atomic E-state index is -0.379. The molecule has 0 saturated carbocycles. The molecule has 0 aliphatic rings. The summed E-state index contributed by atoms with van der Waals surface area (Å²) in [7, 11) is 0. The molecule has 0 aromatic carbocycles. The van der Waals surface area contributed by atoms with Gasteiger partial charge in [-0.3, -0.25) is 20.4 Å². The molecule has 2 heterocycles. The maximum Gasteiger partial charge on any atom is 0.286 e. The van der Waals surface area contributed by atoms with Crippen LogP contribution in [0.4, 0.5) is 0 Å². The molecule has 0 unspecified atom stereocenters. The number of aryl methyl sites for hydroxylation is 1. The van der Waals surface area contributed by atoms with E-state index in [0.29, 0.717) is 18.5 Å². The lowest BCUT2D eigenvalue weighted by molar-refractivity contribution is -0.121. The summed E-state index contributed by atoms with van der Waals surface area (Å²) in [6.07, 6.45) is 2.66. The molecule has 7 heteroatoms. The number of carbonyl (C=O) groups excluding carboxylic acids is 2. The van der Waals surface area contributed by atoms with Gasteiger partial charge in [0.15, 0.2) is 0 Å². The fraction of sp³-hybridized carbons (Fsp3) is 0.167. The van der Waals surface area contributed by atoms with Gasteiger partial charge >= 0.3 is 0 Å². The van der Waals surface area contributed by atoms with Crippen LogP contribution < -0.4 is 10.9 Å². The Labute approximate surface area is 122 Å². The van der Waals surface area contributed by atoms with E-state index in [0.717, 1.165) is 9.35 Å². The molecule has 0 fully saturated rings. The summed E-state index contributed by atoms with van der Waals surface area (Å²) >= 11 is 4.84. The Hall–Kier alpha value is -1.60. The van der Waals surface area contributed by atoms with Gasteiger partial charge in [0.05, 0.1) is 0 Å². The van der Waals surface area contributed by atoms with E-state index in [-0.39, 0.29) is 11.8 Å². The highest BCUT2D eigenvalue weighted by Gasteiger charge is 2.09. The third-order valence-corrected chi connectivity index (χ3v) is 3.78. The van der Waals surface area contributed by atoms with Gasteiger partial charge in [-0.15, -0.1) is 11.3 Å². The molecule has 100 valence electrons. The molecule has 0 saturated heterocycles. The van der Waals surface area contributed by atoms with Crippen molar-refractivity contribution >= 4 is 39.1 Å². The van der Waals surface area contributed by atoms with E-state index >= 15 is 0 Å². The van der Waals surface area contributed by atoms with Crippen molar-refractivity contribution in [2.75, 3.05) is 0 Å². The van der Waals surface area contributed by atoms with Gasteiger partial charge in [-0.25, -0.2) is 0 Å². The molecule has 2 rings (SSSR count). The first kappa shape index (κ1) is 13.8. The van der Waals surface area contributed by atoms with Gasteiger partial charge < -0.3 is 4.98 Å². The Morgan fingerprint density at radius 2 is 2.21 bits per heavy atom.